The van der Waals surface area contributed by atoms with Gasteiger partial charge in [-0.15, -0.1) is 0 Å². The molecule has 0 spiro atoms. The van der Waals surface area contributed by atoms with Crippen molar-refractivity contribution in [2.75, 3.05) is 20.7 Å². The van der Waals surface area contributed by atoms with Crippen LogP contribution < -0.4 is 10.4 Å². The Hall–Kier alpha value is -3.26. The summed E-state index contributed by atoms with van der Waals surface area (Å²) in [6, 6.07) is 23.2. The molecule has 0 N–H and O–H groups in total. The Morgan fingerprint density at radius 3 is 2.12 bits per heavy atom. The van der Waals surface area contributed by atoms with Crippen LogP contribution in [0.25, 0.3) is 0 Å². The lowest BCUT2D eigenvalue weighted by Crippen LogP contribution is -2.67. The van der Waals surface area contributed by atoms with E-state index in [1.807, 2.05) is 40.1 Å². The maximum absolute atomic E-state index is 9.69. The van der Waals surface area contributed by atoms with Gasteiger partial charge >= 0.3 is 0 Å². The Bertz CT molecular complexity index is 1370. The number of fused-ring (bicyclic) bond motifs is 1. The van der Waals surface area contributed by atoms with E-state index in [0.717, 1.165) is 0 Å². The molecule has 0 unspecified atom stereocenters. The van der Waals surface area contributed by atoms with Crippen LogP contribution in [0.1, 0.15) is 52.0 Å². The summed E-state index contributed by atoms with van der Waals surface area (Å²) in [6.07, 6.45) is 1.42. The third-order valence-corrected chi connectivity index (χ3v) is 12.7. The molecule has 0 bridgehead atoms. The lowest BCUT2D eigenvalue weighted by molar-refractivity contribution is -0.190. The van der Waals surface area contributed by atoms with E-state index >= 15 is 0 Å². The minimum atomic E-state index is -2.80. The molecular formula is C32H39N3O5Si. The quantitative estimate of drug-likeness (QED) is 0.215. The molecular weight excluding hydrogens is 534 g/mol. The fraction of sp³-hybridized carbons (Fsp3) is 0.438. The number of ether oxygens (including phenoxy) is 3. The van der Waals surface area contributed by atoms with Gasteiger partial charge in [0.2, 0.25) is 5.76 Å². The zero-order valence-electron chi connectivity index (χ0n) is 24.8. The molecule has 2 aliphatic rings. The molecule has 0 amide bonds. The summed E-state index contributed by atoms with van der Waals surface area (Å²) < 4.78 is 32.3. The first kappa shape index (κ1) is 29.2. The smallest absolute Gasteiger partial charge is 0.261 e. The van der Waals surface area contributed by atoms with Gasteiger partial charge in [-0.05, 0) is 29.3 Å². The van der Waals surface area contributed by atoms with Crippen molar-refractivity contribution in [2.24, 2.45) is 4.99 Å². The van der Waals surface area contributed by atoms with E-state index in [2.05, 4.69) is 80.4 Å². The standard InChI is InChI=1S/C32H39N3O5Si/c1-31(2,3)41(22-14-10-8-11-15-22,23-16-12-9-13-17-23)37-20-26-29-30(40-32(4,5)39-29)28(38-26)24-19-36-25(18-33)27(24)34-21-35(6)7/h8-17,19,21,26,28-30H,20H2,1-7H3/b34-21+/t26-,28+,29-,30+/m1/s1. The first-order valence-corrected chi connectivity index (χ1v) is 15.9. The Morgan fingerprint density at radius 1 is 1.00 bits per heavy atom. The molecule has 0 aliphatic carbocycles. The van der Waals surface area contributed by atoms with Crippen molar-refractivity contribution in [3.63, 3.8) is 0 Å². The van der Waals surface area contributed by atoms with Crippen molar-refractivity contribution < 1.29 is 23.1 Å². The number of rotatable bonds is 8. The SMILES string of the molecule is CN(C)/C=N/c1c([C@@H]2O[C@H](CO[Si](c3ccccc3)(c3ccccc3)C(C)(C)C)[C@H]3OC(C)(C)O[C@H]32)coc1C#N. The number of hydrogen-bond donors (Lipinski definition) is 0. The third-order valence-electron chi connectivity index (χ3n) is 7.65. The van der Waals surface area contributed by atoms with Crippen LogP contribution in [0, 0.1) is 11.3 Å². The van der Waals surface area contributed by atoms with Crippen LogP contribution in [0.15, 0.2) is 76.3 Å². The molecule has 9 heteroatoms. The molecule has 8 nitrogen and oxygen atoms in total. The van der Waals surface area contributed by atoms with Gasteiger partial charge in [0, 0.05) is 19.7 Å². The second-order valence-electron chi connectivity index (χ2n) is 12.3. The number of hydrogen-bond acceptors (Lipinski definition) is 7. The molecule has 4 atom stereocenters. The first-order chi connectivity index (χ1) is 19.5. The van der Waals surface area contributed by atoms with Gasteiger partial charge < -0.3 is 28.0 Å². The molecule has 2 aromatic carbocycles. The molecule has 2 fully saturated rings. The summed E-state index contributed by atoms with van der Waals surface area (Å²) in [6.45, 7) is 10.9. The van der Waals surface area contributed by atoms with Crippen molar-refractivity contribution in [1.82, 2.24) is 4.90 Å². The van der Waals surface area contributed by atoms with Crippen molar-refractivity contribution in [3.05, 3.63) is 78.3 Å². The summed E-state index contributed by atoms with van der Waals surface area (Å²) in [5.74, 6) is -0.676. The van der Waals surface area contributed by atoms with Gasteiger partial charge in [0.15, 0.2) is 5.79 Å². The molecule has 3 heterocycles. The maximum Gasteiger partial charge on any atom is 0.261 e. The van der Waals surface area contributed by atoms with Crippen LogP contribution >= 0.6 is 0 Å². The lowest BCUT2D eigenvalue weighted by Gasteiger charge is -2.43. The highest BCUT2D eigenvalue weighted by Gasteiger charge is 2.58. The van der Waals surface area contributed by atoms with Crippen LogP contribution in [-0.4, -0.2) is 64.4 Å². The minimum absolute atomic E-state index is 0.128. The summed E-state index contributed by atoms with van der Waals surface area (Å²) >= 11 is 0. The van der Waals surface area contributed by atoms with E-state index in [9.17, 15) is 5.26 Å². The lowest BCUT2D eigenvalue weighted by atomic mass is 10.0. The van der Waals surface area contributed by atoms with Crippen LogP contribution in [0.2, 0.25) is 5.04 Å². The second-order valence-corrected chi connectivity index (χ2v) is 16.6. The third kappa shape index (κ3) is 5.50. The van der Waals surface area contributed by atoms with Gasteiger partial charge in [0.05, 0.1) is 12.9 Å². The first-order valence-electron chi connectivity index (χ1n) is 13.9. The zero-order valence-corrected chi connectivity index (χ0v) is 25.8. The van der Waals surface area contributed by atoms with Crippen LogP contribution in [-0.2, 0) is 18.6 Å². The van der Waals surface area contributed by atoms with E-state index in [1.54, 1.807) is 17.5 Å². The fourth-order valence-corrected chi connectivity index (χ4v) is 10.6. The van der Waals surface area contributed by atoms with Gasteiger partial charge in [-0.1, -0.05) is 81.4 Å². The molecule has 1 aromatic heterocycles. The van der Waals surface area contributed by atoms with Crippen LogP contribution in [0.3, 0.4) is 0 Å². The molecule has 0 radical (unpaired) electrons. The van der Waals surface area contributed by atoms with Gasteiger partial charge in [-0.2, -0.15) is 5.26 Å². The summed E-state index contributed by atoms with van der Waals surface area (Å²) in [5.41, 5.74) is 1.09. The molecule has 216 valence electrons. The van der Waals surface area contributed by atoms with E-state index in [4.69, 9.17) is 23.1 Å². The highest BCUT2D eigenvalue weighted by Crippen LogP contribution is 2.49. The Morgan fingerprint density at radius 2 is 1.59 bits per heavy atom. The van der Waals surface area contributed by atoms with Gasteiger partial charge in [-0.25, -0.2) is 4.99 Å². The Kier molecular flexibility index (Phi) is 7.98. The predicted octanol–water partition coefficient (Wildman–Crippen LogP) is 4.91. The largest absolute Gasteiger partial charge is 0.451 e. The summed E-state index contributed by atoms with van der Waals surface area (Å²) in [7, 11) is 0.932. The molecule has 2 saturated heterocycles. The van der Waals surface area contributed by atoms with E-state index in [1.165, 1.54) is 10.4 Å². The molecule has 2 aliphatic heterocycles. The monoisotopic (exact) mass is 573 g/mol. The molecule has 3 aromatic rings. The second kappa shape index (κ2) is 11.2. The van der Waals surface area contributed by atoms with Gasteiger partial charge in [-0.3, -0.25) is 0 Å². The van der Waals surface area contributed by atoms with E-state index < -0.39 is 32.4 Å². The number of nitrogens with zero attached hydrogens (tertiary/aromatic N) is 3. The molecule has 41 heavy (non-hydrogen) atoms. The van der Waals surface area contributed by atoms with Crippen molar-refractivity contribution in [2.45, 2.75) is 69.9 Å². The summed E-state index contributed by atoms with van der Waals surface area (Å²) in [5, 5.41) is 11.9. The highest BCUT2D eigenvalue weighted by atomic mass is 28.4. The van der Waals surface area contributed by atoms with Crippen LogP contribution in [0.4, 0.5) is 5.69 Å². The maximum atomic E-state index is 9.69. The van der Waals surface area contributed by atoms with E-state index in [0.29, 0.717) is 17.9 Å². The topological polar surface area (TPSA) is 89.5 Å². The van der Waals surface area contributed by atoms with Crippen molar-refractivity contribution in [1.29, 1.82) is 5.26 Å². The van der Waals surface area contributed by atoms with Gasteiger partial charge in [0.25, 0.3) is 8.32 Å². The highest BCUT2D eigenvalue weighted by molar-refractivity contribution is 6.99. The van der Waals surface area contributed by atoms with Crippen molar-refractivity contribution >= 4 is 30.7 Å². The number of aliphatic imine (C=N–C) groups is 1. The predicted molar refractivity (Wildman–Crippen MR) is 160 cm³/mol. The minimum Gasteiger partial charge on any atom is -0.451 e. The number of benzene rings is 2. The fourth-order valence-electron chi connectivity index (χ4n) is 5.99. The Balaban J connectivity index is 1.52. The summed E-state index contributed by atoms with van der Waals surface area (Å²) in [4.78, 5) is 6.34. The average molecular weight is 574 g/mol. The number of nitriles is 1. The Labute approximate surface area is 243 Å². The zero-order chi connectivity index (χ0) is 29.4. The number of furan rings is 1. The average Bonchev–Trinajstić information content (AvgIpc) is 3.58. The van der Waals surface area contributed by atoms with Crippen molar-refractivity contribution in [3.8, 4) is 6.07 Å². The molecule has 5 rings (SSSR count). The van der Waals surface area contributed by atoms with E-state index in [-0.39, 0.29) is 16.9 Å². The van der Waals surface area contributed by atoms with Crippen LogP contribution in [0.5, 0.6) is 0 Å². The molecule has 0 saturated carbocycles. The van der Waals surface area contributed by atoms with Gasteiger partial charge in [0.1, 0.15) is 42.4 Å². The normalized spacial score (nSPS) is 24.0.